The largest absolute Gasteiger partial charge is 0.493 e. The van der Waals surface area contributed by atoms with E-state index in [0.29, 0.717) is 28.6 Å². The fourth-order valence-electron chi connectivity index (χ4n) is 3.35. The monoisotopic (exact) mass is 492 g/mol. The molecule has 3 aromatic rings. The highest BCUT2D eigenvalue weighted by Gasteiger charge is 2.19. The zero-order valence-electron chi connectivity index (χ0n) is 20.8. The molecule has 1 N–H and O–H groups in total. The topological polar surface area (TPSA) is 105 Å². The van der Waals surface area contributed by atoms with Crippen LogP contribution in [0.2, 0.25) is 0 Å². The van der Waals surface area contributed by atoms with Gasteiger partial charge in [-0.05, 0) is 49.7 Å². The number of rotatable bonds is 10. The molecule has 9 heteroatoms. The normalized spacial score (nSPS) is 10.6. The number of hydrogen-bond acceptors (Lipinski definition) is 8. The highest BCUT2D eigenvalue weighted by molar-refractivity contribution is 5.94. The summed E-state index contributed by atoms with van der Waals surface area (Å²) >= 11 is 0. The number of esters is 1. The molecule has 0 atom stereocenters. The highest BCUT2D eigenvalue weighted by Crippen LogP contribution is 2.38. The predicted molar refractivity (Wildman–Crippen MR) is 135 cm³/mol. The Morgan fingerprint density at radius 2 is 1.56 bits per heavy atom. The predicted octanol–water partition coefficient (Wildman–Crippen LogP) is 4.08. The number of aryl methyl sites for hydroxylation is 2. The van der Waals surface area contributed by atoms with Gasteiger partial charge in [-0.1, -0.05) is 29.8 Å². The van der Waals surface area contributed by atoms with Crippen LogP contribution in [0, 0.1) is 13.8 Å². The molecule has 9 nitrogen and oxygen atoms in total. The standard InChI is InChI=1S/C27H28N2O7/c1-17-10-11-21(18(2)12-17)35-16-25(30)29-28-15-19-8-6-7-9-22(19)36-27(31)20-13-23(32-3)26(34-5)24(14-20)33-4/h6-15H,16H2,1-5H3,(H,29,30). The molecule has 188 valence electrons. The molecule has 0 aromatic heterocycles. The van der Waals surface area contributed by atoms with Crippen molar-refractivity contribution >= 4 is 18.1 Å². The Hall–Kier alpha value is -4.53. The minimum atomic E-state index is -0.638. The van der Waals surface area contributed by atoms with Crippen molar-refractivity contribution in [2.75, 3.05) is 27.9 Å². The smallest absolute Gasteiger partial charge is 0.343 e. The third-order valence-corrected chi connectivity index (χ3v) is 5.10. The number of amides is 1. The highest BCUT2D eigenvalue weighted by atomic mass is 16.5. The number of carbonyl (C=O) groups is 2. The summed E-state index contributed by atoms with van der Waals surface area (Å²) in [6.07, 6.45) is 1.38. The molecule has 0 aliphatic rings. The average molecular weight is 493 g/mol. The molecule has 3 rings (SSSR count). The van der Waals surface area contributed by atoms with Gasteiger partial charge in [0.05, 0.1) is 33.1 Å². The average Bonchev–Trinajstić information content (AvgIpc) is 2.88. The molecule has 0 unspecified atom stereocenters. The van der Waals surface area contributed by atoms with Crippen molar-refractivity contribution in [1.29, 1.82) is 0 Å². The zero-order valence-corrected chi connectivity index (χ0v) is 20.8. The Labute approximate surface area is 209 Å². The van der Waals surface area contributed by atoms with Gasteiger partial charge in [0, 0.05) is 5.56 Å². The Balaban J connectivity index is 1.66. The lowest BCUT2D eigenvalue weighted by Gasteiger charge is -2.14. The number of benzene rings is 3. The second kappa shape index (κ2) is 12.3. The Morgan fingerprint density at radius 3 is 2.19 bits per heavy atom. The maximum Gasteiger partial charge on any atom is 0.343 e. The van der Waals surface area contributed by atoms with Gasteiger partial charge < -0.3 is 23.7 Å². The van der Waals surface area contributed by atoms with E-state index in [2.05, 4.69) is 10.5 Å². The van der Waals surface area contributed by atoms with E-state index in [1.54, 1.807) is 24.3 Å². The quantitative estimate of drug-likeness (QED) is 0.197. The van der Waals surface area contributed by atoms with Crippen molar-refractivity contribution in [3.05, 3.63) is 76.9 Å². The molecule has 0 saturated carbocycles. The Morgan fingerprint density at radius 1 is 0.861 bits per heavy atom. The van der Waals surface area contributed by atoms with Crippen LogP contribution < -0.4 is 29.1 Å². The fraction of sp³-hybridized carbons (Fsp3) is 0.222. The van der Waals surface area contributed by atoms with Crippen LogP contribution >= 0.6 is 0 Å². The van der Waals surface area contributed by atoms with Crippen molar-refractivity contribution in [2.45, 2.75) is 13.8 Å². The molecular formula is C27H28N2O7. The first-order valence-electron chi connectivity index (χ1n) is 11.0. The lowest BCUT2D eigenvalue weighted by Crippen LogP contribution is -2.24. The Kier molecular flexibility index (Phi) is 8.88. The van der Waals surface area contributed by atoms with Crippen LogP contribution in [-0.2, 0) is 4.79 Å². The van der Waals surface area contributed by atoms with Crippen molar-refractivity contribution < 1.29 is 33.3 Å². The second-order valence-corrected chi connectivity index (χ2v) is 7.69. The van der Waals surface area contributed by atoms with Gasteiger partial charge in [0.2, 0.25) is 5.75 Å². The number of methoxy groups -OCH3 is 3. The van der Waals surface area contributed by atoms with Crippen LogP contribution in [0.25, 0.3) is 0 Å². The summed E-state index contributed by atoms with van der Waals surface area (Å²) in [7, 11) is 4.39. The van der Waals surface area contributed by atoms with Crippen LogP contribution in [0.5, 0.6) is 28.7 Å². The number of carbonyl (C=O) groups excluding carboxylic acids is 2. The minimum Gasteiger partial charge on any atom is -0.493 e. The maximum atomic E-state index is 12.8. The molecular weight excluding hydrogens is 464 g/mol. The number of nitrogens with one attached hydrogen (secondary N) is 1. The van der Waals surface area contributed by atoms with Gasteiger partial charge in [-0.2, -0.15) is 5.10 Å². The summed E-state index contributed by atoms with van der Waals surface area (Å²) in [6, 6.07) is 15.5. The molecule has 0 aliphatic heterocycles. The number of hydrogen-bond donors (Lipinski definition) is 1. The first kappa shape index (κ1) is 26.1. The van der Waals surface area contributed by atoms with E-state index in [-0.39, 0.29) is 17.9 Å². The second-order valence-electron chi connectivity index (χ2n) is 7.69. The van der Waals surface area contributed by atoms with Gasteiger partial charge in [0.25, 0.3) is 5.91 Å². The van der Waals surface area contributed by atoms with E-state index in [1.807, 2.05) is 32.0 Å². The van der Waals surface area contributed by atoms with Crippen LogP contribution in [0.15, 0.2) is 59.7 Å². The molecule has 0 bridgehead atoms. The van der Waals surface area contributed by atoms with E-state index in [0.717, 1.165) is 11.1 Å². The molecule has 0 radical (unpaired) electrons. The SMILES string of the molecule is COc1cc(C(=O)Oc2ccccc2C=NNC(=O)COc2ccc(C)cc2C)cc(OC)c1OC. The fourth-order valence-corrected chi connectivity index (χ4v) is 3.35. The van der Waals surface area contributed by atoms with Gasteiger partial charge in [0.1, 0.15) is 11.5 Å². The molecule has 0 spiro atoms. The molecule has 0 heterocycles. The van der Waals surface area contributed by atoms with Crippen molar-refractivity contribution in [2.24, 2.45) is 5.10 Å². The van der Waals surface area contributed by atoms with Gasteiger partial charge in [-0.25, -0.2) is 10.2 Å². The third kappa shape index (κ3) is 6.53. The molecule has 1 amide bonds. The first-order valence-corrected chi connectivity index (χ1v) is 11.0. The van der Waals surface area contributed by atoms with Gasteiger partial charge in [0.15, 0.2) is 18.1 Å². The van der Waals surface area contributed by atoms with Crippen LogP contribution in [0.3, 0.4) is 0 Å². The van der Waals surface area contributed by atoms with Gasteiger partial charge in [-0.3, -0.25) is 4.79 Å². The first-order chi connectivity index (χ1) is 17.4. The molecule has 0 saturated heterocycles. The lowest BCUT2D eigenvalue weighted by atomic mass is 10.1. The lowest BCUT2D eigenvalue weighted by molar-refractivity contribution is -0.123. The van der Waals surface area contributed by atoms with E-state index in [9.17, 15) is 9.59 Å². The van der Waals surface area contributed by atoms with Crippen molar-refractivity contribution in [1.82, 2.24) is 5.43 Å². The number of nitrogens with zero attached hydrogens (tertiary/aromatic N) is 1. The van der Waals surface area contributed by atoms with Crippen molar-refractivity contribution in [3.63, 3.8) is 0 Å². The van der Waals surface area contributed by atoms with E-state index < -0.39 is 11.9 Å². The summed E-state index contributed by atoms with van der Waals surface area (Å²) < 4.78 is 27.0. The van der Waals surface area contributed by atoms with E-state index >= 15 is 0 Å². The summed E-state index contributed by atoms with van der Waals surface area (Å²) in [5.41, 5.74) is 5.14. The van der Waals surface area contributed by atoms with Crippen LogP contribution in [-0.4, -0.2) is 46.0 Å². The summed E-state index contributed by atoms with van der Waals surface area (Å²) in [4.78, 5) is 25.0. The number of ether oxygens (including phenoxy) is 5. The van der Waals surface area contributed by atoms with E-state index in [4.69, 9.17) is 23.7 Å². The summed E-state index contributed by atoms with van der Waals surface area (Å²) in [5.74, 6) is 0.818. The minimum absolute atomic E-state index is 0.195. The molecule has 3 aromatic carbocycles. The van der Waals surface area contributed by atoms with Crippen LogP contribution in [0.1, 0.15) is 27.0 Å². The molecule has 36 heavy (non-hydrogen) atoms. The number of hydrazone groups is 1. The number of para-hydroxylation sites is 1. The summed E-state index contributed by atoms with van der Waals surface area (Å²) in [5, 5.41) is 3.96. The van der Waals surface area contributed by atoms with Gasteiger partial charge in [-0.15, -0.1) is 0 Å². The third-order valence-electron chi connectivity index (χ3n) is 5.10. The molecule has 0 aliphatic carbocycles. The molecule has 0 fully saturated rings. The summed E-state index contributed by atoms with van der Waals surface area (Å²) in [6.45, 7) is 3.70. The van der Waals surface area contributed by atoms with Crippen LogP contribution in [0.4, 0.5) is 0 Å². The zero-order chi connectivity index (χ0) is 26.1. The maximum absolute atomic E-state index is 12.8. The van der Waals surface area contributed by atoms with Crippen molar-refractivity contribution in [3.8, 4) is 28.7 Å². The Bertz CT molecular complexity index is 1250. The van der Waals surface area contributed by atoms with Gasteiger partial charge >= 0.3 is 5.97 Å². The van der Waals surface area contributed by atoms with E-state index in [1.165, 1.54) is 39.7 Å².